The van der Waals surface area contributed by atoms with Crippen LogP contribution in [0.1, 0.15) is 79.1 Å². The van der Waals surface area contributed by atoms with Crippen molar-refractivity contribution in [2.45, 2.75) is 79.1 Å². The highest BCUT2D eigenvalue weighted by Crippen LogP contribution is 2.24. The molecule has 0 fully saturated rings. The van der Waals surface area contributed by atoms with Crippen LogP contribution >= 0.6 is 25.9 Å². The first kappa shape index (κ1) is 23.1. The van der Waals surface area contributed by atoms with Gasteiger partial charge in [0.15, 0.2) is 0 Å². The first-order valence-corrected chi connectivity index (χ1v) is 9.43. The van der Waals surface area contributed by atoms with Crippen molar-refractivity contribution in [3.63, 3.8) is 0 Å². The quantitative estimate of drug-likeness (QED) is 0.279. The van der Waals surface area contributed by atoms with Gasteiger partial charge in [0.1, 0.15) is 0 Å². The maximum Gasteiger partial charge on any atom is 0.0240 e. The normalized spacial score (nSPS) is 11.7. The molecule has 0 aromatic rings. The topological polar surface area (TPSA) is 6.48 Å². The van der Waals surface area contributed by atoms with Crippen molar-refractivity contribution in [1.82, 2.24) is 9.34 Å². The number of halogens is 1. The van der Waals surface area contributed by atoms with Crippen molar-refractivity contribution >= 4 is 25.9 Å². The standard InChI is InChI=1S/C16H37N2P.BrH/c1-5-9-11-13-15-18(16-14-12-10-6-2)19-17(7-3)8-4;/h19H,5-16H2,1-4H3;1H. The van der Waals surface area contributed by atoms with Gasteiger partial charge in [-0.25, -0.2) is 0 Å². The second-order valence-corrected chi connectivity index (χ2v) is 6.85. The molecule has 20 heavy (non-hydrogen) atoms. The molecule has 1 unspecified atom stereocenters. The molecule has 0 aliphatic rings. The summed E-state index contributed by atoms with van der Waals surface area (Å²) in [7, 11) is 0.905. The third-order valence-electron chi connectivity index (χ3n) is 3.61. The van der Waals surface area contributed by atoms with Crippen LogP contribution in [-0.4, -0.2) is 35.5 Å². The summed E-state index contributed by atoms with van der Waals surface area (Å²) >= 11 is 0. The summed E-state index contributed by atoms with van der Waals surface area (Å²) in [6.45, 7) is 14.1. The molecule has 2 nitrogen and oxygen atoms in total. The lowest BCUT2D eigenvalue weighted by molar-refractivity contribution is 0.389. The van der Waals surface area contributed by atoms with E-state index < -0.39 is 0 Å². The zero-order chi connectivity index (χ0) is 14.3. The van der Waals surface area contributed by atoms with E-state index in [0.29, 0.717) is 0 Å². The average Bonchev–Trinajstić information content (AvgIpc) is 2.44. The molecule has 0 spiro atoms. The molecule has 1 atom stereocenters. The van der Waals surface area contributed by atoms with Crippen LogP contribution in [0.4, 0.5) is 0 Å². The second-order valence-electron chi connectivity index (χ2n) is 5.38. The summed E-state index contributed by atoms with van der Waals surface area (Å²) in [5, 5.41) is 0. The summed E-state index contributed by atoms with van der Waals surface area (Å²) in [5.41, 5.74) is 0. The van der Waals surface area contributed by atoms with Gasteiger partial charge in [-0.05, 0) is 12.8 Å². The molecule has 0 aromatic heterocycles. The lowest BCUT2D eigenvalue weighted by Gasteiger charge is -2.28. The lowest BCUT2D eigenvalue weighted by atomic mass is 10.2. The Morgan fingerprint density at radius 3 is 1.40 bits per heavy atom. The molecule has 0 heterocycles. The summed E-state index contributed by atoms with van der Waals surface area (Å²) < 4.78 is 5.28. The van der Waals surface area contributed by atoms with Gasteiger partial charge in [-0.3, -0.25) is 9.34 Å². The second kappa shape index (κ2) is 17.9. The molecule has 0 saturated heterocycles. The largest absolute Gasteiger partial charge is 0.273 e. The van der Waals surface area contributed by atoms with Crippen LogP contribution in [0.3, 0.4) is 0 Å². The molecule has 124 valence electrons. The van der Waals surface area contributed by atoms with E-state index in [1.165, 1.54) is 77.5 Å². The lowest BCUT2D eigenvalue weighted by Crippen LogP contribution is -2.25. The van der Waals surface area contributed by atoms with E-state index in [0.717, 1.165) is 8.88 Å². The summed E-state index contributed by atoms with van der Waals surface area (Å²) in [5.74, 6) is 0. The van der Waals surface area contributed by atoms with Gasteiger partial charge in [0, 0.05) is 35.1 Å². The Balaban J connectivity index is 0. The Morgan fingerprint density at radius 2 is 1.05 bits per heavy atom. The monoisotopic (exact) mass is 368 g/mol. The molecular weight excluding hydrogens is 331 g/mol. The van der Waals surface area contributed by atoms with Gasteiger partial charge in [-0.2, -0.15) is 0 Å². The molecule has 0 bridgehead atoms. The smallest absolute Gasteiger partial charge is 0.0240 e. The molecule has 0 radical (unpaired) electrons. The molecule has 0 aliphatic heterocycles. The fourth-order valence-corrected chi connectivity index (χ4v) is 3.43. The van der Waals surface area contributed by atoms with E-state index in [9.17, 15) is 0 Å². The number of hydrogen-bond donors (Lipinski definition) is 0. The van der Waals surface area contributed by atoms with E-state index in [-0.39, 0.29) is 17.0 Å². The SMILES string of the molecule is Br.CCCCCCN(CCCCCC)PN(CC)CC. The summed E-state index contributed by atoms with van der Waals surface area (Å²) in [4.78, 5) is 0. The van der Waals surface area contributed by atoms with E-state index >= 15 is 0 Å². The summed E-state index contributed by atoms with van der Waals surface area (Å²) in [6, 6.07) is 0. The van der Waals surface area contributed by atoms with E-state index in [2.05, 4.69) is 37.0 Å². The van der Waals surface area contributed by atoms with Gasteiger partial charge in [-0.1, -0.05) is 66.2 Å². The Labute approximate surface area is 140 Å². The molecule has 4 heteroatoms. The van der Waals surface area contributed by atoms with Gasteiger partial charge in [-0.15, -0.1) is 17.0 Å². The number of rotatable bonds is 14. The minimum atomic E-state index is 0. The zero-order valence-corrected chi connectivity index (χ0v) is 17.0. The van der Waals surface area contributed by atoms with Gasteiger partial charge in [0.25, 0.3) is 0 Å². The Kier molecular flexibility index (Phi) is 20.7. The molecule has 0 saturated carbocycles. The summed E-state index contributed by atoms with van der Waals surface area (Å²) in [6.07, 6.45) is 11.1. The first-order valence-electron chi connectivity index (χ1n) is 8.54. The zero-order valence-electron chi connectivity index (χ0n) is 14.3. The molecule has 0 N–H and O–H groups in total. The van der Waals surface area contributed by atoms with Gasteiger partial charge >= 0.3 is 0 Å². The van der Waals surface area contributed by atoms with Crippen molar-refractivity contribution in [3.8, 4) is 0 Å². The van der Waals surface area contributed by atoms with Crippen LogP contribution in [0.2, 0.25) is 0 Å². The van der Waals surface area contributed by atoms with Crippen molar-refractivity contribution in [2.75, 3.05) is 26.2 Å². The van der Waals surface area contributed by atoms with Crippen molar-refractivity contribution in [1.29, 1.82) is 0 Å². The van der Waals surface area contributed by atoms with E-state index in [4.69, 9.17) is 0 Å². The fraction of sp³-hybridized carbons (Fsp3) is 1.00. The maximum atomic E-state index is 2.71. The number of hydrogen-bond acceptors (Lipinski definition) is 2. The van der Waals surface area contributed by atoms with Crippen LogP contribution in [0.25, 0.3) is 0 Å². The molecule has 0 aliphatic carbocycles. The van der Waals surface area contributed by atoms with Gasteiger partial charge in [0.05, 0.1) is 0 Å². The number of nitrogens with zero attached hydrogens (tertiary/aromatic N) is 2. The Morgan fingerprint density at radius 1 is 0.600 bits per heavy atom. The van der Waals surface area contributed by atoms with Crippen molar-refractivity contribution in [3.05, 3.63) is 0 Å². The highest BCUT2D eigenvalue weighted by atomic mass is 79.9. The minimum Gasteiger partial charge on any atom is -0.273 e. The van der Waals surface area contributed by atoms with Crippen molar-refractivity contribution < 1.29 is 0 Å². The van der Waals surface area contributed by atoms with Gasteiger partial charge < -0.3 is 0 Å². The van der Waals surface area contributed by atoms with E-state index in [1.807, 2.05) is 0 Å². The molecular formula is C16H38BrN2P. The fourth-order valence-electron chi connectivity index (χ4n) is 2.24. The minimum absolute atomic E-state index is 0. The molecule has 0 amide bonds. The average molecular weight is 369 g/mol. The van der Waals surface area contributed by atoms with Gasteiger partial charge in [0.2, 0.25) is 0 Å². The van der Waals surface area contributed by atoms with Crippen LogP contribution in [0.15, 0.2) is 0 Å². The van der Waals surface area contributed by atoms with E-state index in [1.54, 1.807) is 0 Å². The molecule has 0 rings (SSSR count). The third-order valence-corrected chi connectivity index (χ3v) is 5.25. The first-order chi connectivity index (χ1) is 9.28. The number of unbranched alkanes of at least 4 members (excludes halogenated alkanes) is 6. The maximum absolute atomic E-state index is 2.71. The highest BCUT2D eigenvalue weighted by Gasteiger charge is 2.08. The predicted octanol–water partition coefficient (Wildman–Crippen LogP) is 5.88. The highest BCUT2D eigenvalue weighted by molar-refractivity contribution is 8.93. The van der Waals surface area contributed by atoms with Crippen LogP contribution in [0.5, 0.6) is 0 Å². The Bertz CT molecular complexity index is 166. The molecule has 0 aromatic carbocycles. The van der Waals surface area contributed by atoms with Crippen molar-refractivity contribution in [2.24, 2.45) is 0 Å². The van der Waals surface area contributed by atoms with Crippen LogP contribution in [-0.2, 0) is 0 Å². The Hall–Kier alpha value is 0.830. The van der Waals surface area contributed by atoms with Crippen LogP contribution < -0.4 is 0 Å². The van der Waals surface area contributed by atoms with Crippen LogP contribution in [0, 0.1) is 0 Å². The predicted molar refractivity (Wildman–Crippen MR) is 101 cm³/mol. The third kappa shape index (κ3) is 13.8.